The standard InChI is InChI=1S/C33H63NO6Si2/c1-15-16-27(35)19-28-18-17-25(8)29(38-28)20-31(36)34-21-30(39-41(13,14)33(10,11)12)26(9)32(37)40-42(22(2)3,23(4)5)24(6)7/h15-16,22-26,28-30H,17-21H2,1-14H3,(H,34,36)/b16-15+/t25-,26-,28-,29+,30-/m1/s1. The van der Waals surface area contributed by atoms with E-state index < -0.39 is 28.7 Å². The molecule has 1 fully saturated rings. The van der Waals surface area contributed by atoms with Crippen LogP contribution in [0.4, 0.5) is 0 Å². The molecule has 1 rings (SSSR count). The average molecular weight is 626 g/mol. The van der Waals surface area contributed by atoms with Gasteiger partial charge in [0.15, 0.2) is 14.1 Å². The lowest BCUT2D eigenvalue weighted by atomic mass is 9.90. The molecule has 0 radical (unpaired) electrons. The first-order valence-corrected chi connectivity index (χ1v) is 21.2. The molecule has 0 bridgehead atoms. The van der Waals surface area contributed by atoms with Crippen LogP contribution in [0, 0.1) is 11.8 Å². The molecule has 0 spiro atoms. The highest BCUT2D eigenvalue weighted by Crippen LogP contribution is 2.43. The summed E-state index contributed by atoms with van der Waals surface area (Å²) in [6.45, 7) is 29.9. The molecule has 1 amide bonds. The highest BCUT2D eigenvalue weighted by molar-refractivity contribution is 6.79. The normalized spacial score (nSPS) is 22.1. The average Bonchev–Trinajstić information content (AvgIpc) is 2.85. The monoisotopic (exact) mass is 625 g/mol. The SMILES string of the molecule is C/C=C/C(=O)C[C@H]1CC[C@@H](C)[C@H](CC(=O)NC[C@@H](O[Si](C)(C)C(C)(C)C)[C@@H](C)C(=O)O[Si](C(C)C)(C(C)C)C(C)C)O1. The van der Waals surface area contributed by atoms with Gasteiger partial charge in [-0.15, -0.1) is 0 Å². The summed E-state index contributed by atoms with van der Waals surface area (Å²) < 4.78 is 19.5. The van der Waals surface area contributed by atoms with Crippen LogP contribution in [0.2, 0.25) is 34.8 Å². The van der Waals surface area contributed by atoms with Crippen molar-refractivity contribution >= 4 is 34.3 Å². The van der Waals surface area contributed by atoms with Crippen molar-refractivity contribution in [3.05, 3.63) is 12.2 Å². The third kappa shape index (κ3) is 10.4. The molecule has 244 valence electrons. The van der Waals surface area contributed by atoms with E-state index in [1.807, 2.05) is 13.8 Å². The molecule has 1 heterocycles. The lowest BCUT2D eigenvalue weighted by molar-refractivity contribution is -0.144. The number of carbonyl (C=O) groups is 3. The Labute approximate surface area is 259 Å². The second-order valence-electron chi connectivity index (χ2n) is 15.0. The van der Waals surface area contributed by atoms with Gasteiger partial charge >= 0.3 is 0 Å². The van der Waals surface area contributed by atoms with Crippen LogP contribution in [-0.4, -0.2) is 59.2 Å². The van der Waals surface area contributed by atoms with Crippen molar-refractivity contribution in [2.75, 3.05) is 6.54 Å². The van der Waals surface area contributed by atoms with Crippen molar-refractivity contribution in [1.29, 1.82) is 0 Å². The molecular weight excluding hydrogens is 563 g/mol. The molecule has 1 N–H and O–H groups in total. The Bertz CT molecular complexity index is 902. The number of allylic oxidation sites excluding steroid dienone is 2. The third-order valence-electron chi connectivity index (χ3n) is 9.78. The van der Waals surface area contributed by atoms with Gasteiger partial charge in [0.05, 0.1) is 30.7 Å². The van der Waals surface area contributed by atoms with Gasteiger partial charge in [0.2, 0.25) is 5.91 Å². The summed E-state index contributed by atoms with van der Waals surface area (Å²) in [6, 6.07) is 0. The van der Waals surface area contributed by atoms with Crippen molar-refractivity contribution < 1.29 is 28.0 Å². The van der Waals surface area contributed by atoms with Crippen LogP contribution in [0.5, 0.6) is 0 Å². The molecule has 0 aliphatic carbocycles. The predicted octanol–water partition coefficient (Wildman–Crippen LogP) is 7.96. The van der Waals surface area contributed by atoms with E-state index in [1.54, 1.807) is 12.2 Å². The lowest BCUT2D eigenvalue weighted by Crippen LogP contribution is -2.54. The summed E-state index contributed by atoms with van der Waals surface area (Å²) in [6.07, 6.45) is 4.69. The van der Waals surface area contributed by atoms with Gasteiger partial charge in [0, 0.05) is 13.0 Å². The Kier molecular flexibility index (Phi) is 14.9. The maximum Gasteiger partial charge on any atom is 0.298 e. The first-order valence-electron chi connectivity index (χ1n) is 16.2. The molecule has 0 aromatic heterocycles. The van der Waals surface area contributed by atoms with Crippen molar-refractivity contribution in [3.8, 4) is 0 Å². The summed E-state index contributed by atoms with van der Waals surface area (Å²) in [4.78, 5) is 39.1. The van der Waals surface area contributed by atoms with Crippen molar-refractivity contribution in [2.45, 2.75) is 162 Å². The number of rotatable bonds is 15. The molecule has 9 heteroatoms. The molecule has 7 nitrogen and oxygen atoms in total. The molecule has 1 saturated heterocycles. The zero-order valence-corrected chi connectivity index (χ0v) is 31.3. The van der Waals surface area contributed by atoms with Gasteiger partial charge in [-0.25, -0.2) is 0 Å². The fraction of sp³-hybridized carbons (Fsp3) is 0.848. The van der Waals surface area contributed by atoms with Crippen LogP contribution in [0.15, 0.2) is 12.2 Å². The Morgan fingerprint density at radius 2 is 1.50 bits per heavy atom. The minimum atomic E-state index is -2.43. The van der Waals surface area contributed by atoms with Gasteiger partial charge in [-0.1, -0.05) is 75.3 Å². The first-order chi connectivity index (χ1) is 19.2. The molecule has 0 saturated carbocycles. The van der Waals surface area contributed by atoms with Crippen molar-refractivity contribution in [2.24, 2.45) is 11.8 Å². The Morgan fingerprint density at radius 1 is 0.952 bits per heavy atom. The molecule has 1 aliphatic rings. The quantitative estimate of drug-likeness (QED) is 0.147. The smallest absolute Gasteiger partial charge is 0.298 e. The molecule has 0 aromatic carbocycles. The predicted molar refractivity (Wildman–Crippen MR) is 177 cm³/mol. The van der Waals surface area contributed by atoms with E-state index in [0.717, 1.165) is 12.8 Å². The fourth-order valence-corrected chi connectivity index (χ4v) is 12.7. The van der Waals surface area contributed by atoms with E-state index >= 15 is 0 Å². The van der Waals surface area contributed by atoms with Gasteiger partial charge in [0.25, 0.3) is 14.3 Å². The number of ketones is 1. The number of amides is 1. The van der Waals surface area contributed by atoms with Crippen LogP contribution < -0.4 is 5.32 Å². The molecule has 1 aliphatic heterocycles. The fourth-order valence-electron chi connectivity index (χ4n) is 6.08. The minimum absolute atomic E-state index is 0.0474. The van der Waals surface area contributed by atoms with E-state index in [2.05, 4.69) is 87.6 Å². The zero-order valence-electron chi connectivity index (χ0n) is 29.3. The van der Waals surface area contributed by atoms with E-state index in [4.69, 9.17) is 13.6 Å². The van der Waals surface area contributed by atoms with Crippen LogP contribution in [0.3, 0.4) is 0 Å². The number of nitrogens with one attached hydrogen (secondary N) is 1. The summed E-state index contributed by atoms with van der Waals surface area (Å²) >= 11 is 0. The topological polar surface area (TPSA) is 90.9 Å². The van der Waals surface area contributed by atoms with Crippen molar-refractivity contribution in [1.82, 2.24) is 5.32 Å². The number of hydrogen-bond donors (Lipinski definition) is 1. The highest BCUT2D eigenvalue weighted by atomic mass is 28.4. The Morgan fingerprint density at radius 3 is 1.98 bits per heavy atom. The zero-order chi connectivity index (χ0) is 32.6. The minimum Gasteiger partial charge on any atom is -0.518 e. The summed E-state index contributed by atoms with van der Waals surface area (Å²) in [5.41, 5.74) is 0.841. The second-order valence-corrected chi connectivity index (χ2v) is 25.1. The maximum absolute atomic E-state index is 13.8. The second kappa shape index (κ2) is 16.1. The molecular formula is C33H63NO6Si2. The summed E-state index contributed by atoms with van der Waals surface area (Å²) in [5.74, 6) is -0.626. The van der Waals surface area contributed by atoms with Crippen molar-refractivity contribution in [3.63, 3.8) is 0 Å². The maximum atomic E-state index is 13.8. The van der Waals surface area contributed by atoms with Crippen LogP contribution in [0.1, 0.15) is 109 Å². The van der Waals surface area contributed by atoms with Gasteiger partial charge in [-0.3, -0.25) is 14.4 Å². The van der Waals surface area contributed by atoms with Crippen LogP contribution in [-0.2, 0) is 28.0 Å². The number of carbonyl (C=O) groups excluding carboxylic acids is 3. The van der Waals surface area contributed by atoms with E-state index in [-0.39, 0.29) is 70.4 Å². The number of hydrogen-bond acceptors (Lipinski definition) is 6. The molecule has 0 unspecified atom stereocenters. The highest BCUT2D eigenvalue weighted by Gasteiger charge is 2.50. The summed E-state index contributed by atoms with van der Waals surface area (Å²) in [7, 11) is -4.69. The lowest BCUT2D eigenvalue weighted by Gasteiger charge is -2.44. The van der Waals surface area contributed by atoms with Gasteiger partial charge in [0.1, 0.15) is 0 Å². The molecule has 0 aromatic rings. The van der Waals surface area contributed by atoms with Gasteiger partial charge < -0.3 is 18.9 Å². The third-order valence-corrected chi connectivity index (χ3v) is 20.3. The largest absolute Gasteiger partial charge is 0.518 e. The Hall–Kier alpha value is -1.30. The first kappa shape index (κ1) is 38.7. The van der Waals surface area contributed by atoms with E-state index in [1.165, 1.54) is 0 Å². The van der Waals surface area contributed by atoms with Crippen LogP contribution >= 0.6 is 0 Å². The molecule has 5 atom stereocenters. The Balaban J connectivity index is 3.09. The van der Waals surface area contributed by atoms with Gasteiger partial charge in [-0.2, -0.15) is 0 Å². The van der Waals surface area contributed by atoms with Crippen LogP contribution in [0.25, 0.3) is 0 Å². The van der Waals surface area contributed by atoms with E-state index in [9.17, 15) is 14.4 Å². The van der Waals surface area contributed by atoms with Gasteiger partial charge in [-0.05, 0) is 73.4 Å². The van der Waals surface area contributed by atoms with E-state index in [0.29, 0.717) is 6.42 Å². The molecule has 42 heavy (non-hydrogen) atoms. The summed E-state index contributed by atoms with van der Waals surface area (Å²) in [5, 5.41) is 3.01. The number of ether oxygens (including phenoxy) is 1.